The minimum Gasteiger partial charge on any atom is -0.508 e. The first-order valence-corrected chi connectivity index (χ1v) is 7.63. The van der Waals surface area contributed by atoms with E-state index in [0.717, 1.165) is 16.7 Å². The van der Waals surface area contributed by atoms with Crippen LogP contribution < -0.4 is 10.7 Å². The van der Waals surface area contributed by atoms with Crippen LogP contribution in [0.4, 0.5) is 0 Å². The van der Waals surface area contributed by atoms with Gasteiger partial charge < -0.3 is 14.8 Å². The van der Waals surface area contributed by atoms with E-state index in [1.165, 1.54) is 12.1 Å². The van der Waals surface area contributed by atoms with E-state index >= 15 is 0 Å². The molecule has 5 nitrogen and oxygen atoms in total. The fourth-order valence-electron chi connectivity index (χ4n) is 3.08. The molecule has 2 N–H and O–H groups in total. The topological polar surface area (TPSA) is 79.5 Å². The summed E-state index contributed by atoms with van der Waals surface area (Å²) in [7, 11) is 0. The van der Waals surface area contributed by atoms with E-state index in [0.29, 0.717) is 16.5 Å². The van der Waals surface area contributed by atoms with Crippen LogP contribution in [0.3, 0.4) is 0 Å². The van der Waals surface area contributed by atoms with Crippen molar-refractivity contribution >= 4 is 16.9 Å². The number of rotatable bonds is 1. The molecular weight excluding hydrogens is 306 g/mol. The molecule has 2 aromatic carbocycles. The molecule has 4 rings (SSSR count). The van der Waals surface area contributed by atoms with Crippen LogP contribution in [0.1, 0.15) is 38.9 Å². The number of benzene rings is 2. The number of aromatic hydroxyl groups is 1. The summed E-state index contributed by atoms with van der Waals surface area (Å²) in [5.74, 6) is -0.214. The molecule has 1 aliphatic heterocycles. The van der Waals surface area contributed by atoms with Crippen LogP contribution in [0, 0.1) is 13.8 Å². The van der Waals surface area contributed by atoms with Crippen molar-refractivity contribution < 1.29 is 14.3 Å². The number of phenolic OH excluding ortho intramolecular Hbond substituents is 1. The van der Waals surface area contributed by atoms with Gasteiger partial charge in [0.1, 0.15) is 11.3 Å². The molecule has 1 aliphatic rings. The van der Waals surface area contributed by atoms with E-state index in [-0.39, 0.29) is 16.9 Å². The molecule has 0 saturated carbocycles. The van der Waals surface area contributed by atoms with Crippen LogP contribution in [-0.4, -0.2) is 11.0 Å². The Balaban J connectivity index is 2.00. The zero-order valence-corrected chi connectivity index (χ0v) is 13.2. The quantitative estimate of drug-likeness (QED) is 0.722. The minimum absolute atomic E-state index is 0.0637. The summed E-state index contributed by atoms with van der Waals surface area (Å²) in [5.41, 5.74) is 3.25. The number of carbonyl (C=O) groups excluding carboxylic acids is 1. The molecule has 2 heterocycles. The summed E-state index contributed by atoms with van der Waals surface area (Å²) >= 11 is 0. The van der Waals surface area contributed by atoms with E-state index in [1.54, 1.807) is 24.3 Å². The number of nitrogens with one attached hydrogen (secondary N) is 1. The Bertz CT molecular complexity index is 1050. The Hall–Kier alpha value is -3.08. The first kappa shape index (κ1) is 14.5. The van der Waals surface area contributed by atoms with Gasteiger partial charge in [0, 0.05) is 0 Å². The number of hydrogen-bond acceptors (Lipinski definition) is 4. The van der Waals surface area contributed by atoms with Crippen molar-refractivity contribution in [1.82, 2.24) is 5.32 Å². The van der Waals surface area contributed by atoms with Crippen molar-refractivity contribution in [2.24, 2.45) is 0 Å². The van der Waals surface area contributed by atoms with Crippen LogP contribution in [-0.2, 0) is 0 Å². The highest BCUT2D eigenvalue weighted by Gasteiger charge is 2.35. The molecule has 1 aromatic heterocycles. The standard InChI is InChI=1S/C19H15NO4/c1-9-7-13-14(8-10(9)2)24-18-15(17(13)22)16(20-19(18)23)11-3-5-12(21)6-4-11/h3-8,16,21H,1-2H3,(H,20,23). The molecule has 0 radical (unpaired) electrons. The zero-order chi connectivity index (χ0) is 17.0. The van der Waals surface area contributed by atoms with Crippen molar-refractivity contribution in [3.05, 3.63) is 74.6 Å². The second-order valence-corrected chi connectivity index (χ2v) is 6.10. The number of hydrogen-bond donors (Lipinski definition) is 2. The molecule has 5 heteroatoms. The first-order chi connectivity index (χ1) is 11.5. The third kappa shape index (κ3) is 2.01. The van der Waals surface area contributed by atoms with Gasteiger partial charge in [0.25, 0.3) is 5.91 Å². The fraction of sp³-hybridized carbons (Fsp3) is 0.158. The zero-order valence-electron chi connectivity index (χ0n) is 13.2. The molecule has 120 valence electrons. The minimum atomic E-state index is -0.574. The summed E-state index contributed by atoms with van der Waals surface area (Å²) in [5, 5.41) is 12.7. The first-order valence-electron chi connectivity index (χ1n) is 7.63. The second-order valence-electron chi connectivity index (χ2n) is 6.10. The smallest absolute Gasteiger partial charge is 0.288 e. The van der Waals surface area contributed by atoms with Gasteiger partial charge >= 0.3 is 0 Å². The van der Waals surface area contributed by atoms with Crippen molar-refractivity contribution in [1.29, 1.82) is 0 Å². The summed E-state index contributed by atoms with van der Waals surface area (Å²) < 4.78 is 5.75. The van der Waals surface area contributed by atoms with Crippen molar-refractivity contribution in [3.8, 4) is 5.75 Å². The van der Waals surface area contributed by atoms with Crippen molar-refractivity contribution in [2.45, 2.75) is 19.9 Å². The number of aryl methyl sites for hydroxylation is 2. The molecule has 24 heavy (non-hydrogen) atoms. The maximum atomic E-state index is 13.0. The lowest BCUT2D eigenvalue weighted by atomic mass is 9.98. The van der Waals surface area contributed by atoms with Gasteiger partial charge in [0.15, 0.2) is 5.43 Å². The summed E-state index contributed by atoms with van der Waals surface area (Å²) in [6.07, 6.45) is 0. The highest BCUT2D eigenvalue weighted by atomic mass is 16.3. The van der Waals surface area contributed by atoms with Crippen molar-refractivity contribution in [3.63, 3.8) is 0 Å². The highest BCUT2D eigenvalue weighted by Crippen LogP contribution is 2.32. The third-order valence-corrected chi connectivity index (χ3v) is 4.54. The summed E-state index contributed by atoms with van der Waals surface area (Å²) in [6.45, 7) is 3.86. The molecule has 0 saturated heterocycles. The molecule has 1 atom stereocenters. The Morgan fingerprint density at radius 2 is 1.71 bits per heavy atom. The summed E-state index contributed by atoms with van der Waals surface area (Å²) in [4.78, 5) is 25.2. The average molecular weight is 321 g/mol. The highest BCUT2D eigenvalue weighted by molar-refractivity contribution is 5.99. The molecule has 1 unspecified atom stereocenters. The lowest BCUT2D eigenvalue weighted by Gasteiger charge is -2.12. The predicted molar refractivity (Wildman–Crippen MR) is 89.4 cm³/mol. The largest absolute Gasteiger partial charge is 0.508 e. The van der Waals surface area contributed by atoms with Crippen LogP contribution >= 0.6 is 0 Å². The van der Waals surface area contributed by atoms with E-state index in [4.69, 9.17) is 4.42 Å². The lowest BCUT2D eigenvalue weighted by molar-refractivity contribution is 0.0938. The number of carbonyl (C=O) groups is 1. The van der Waals surface area contributed by atoms with Gasteiger partial charge in [-0.3, -0.25) is 9.59 Å². The molecular formula is C19H15NO4. The monoisotopic (exact) mass is 321 g/mol. The van der Waals surface area contributed by atoms with Crippen LogP contribution in [0.2, 0.25) is 0 Å². The maximum Gasteiger partial charge on any atom is 0.288 e. The second kappa shape index (κ2) is 4.96. The van der Waals surface area contributed by atoms with E-state index < -0.39 is 11.9 Å². The van der Waals surface area contributed by atoms with Gasteiger partial charge in [0.05, 0.1) is 17.0 Å². The van der Waals surface area contributed by atoms with Gasteiger partial charge in [-0.1, -0.05) is 12.1 Å². The van der Waals surface area contributed by atoms with Gasteiger partial charge in [-0.15, -0.1) is 0 Å². The molecule has 0 bridgehead atoms. The van der Waals surface area contributed by atoms with Crippen LogP contribution in [0.15, 0.2) is 45.6 Å². The van der Waals surface area contributed by atoms with E-state index in [1.807, 2.05) is 13.8 Å². The van der Waals surface area contributed by atoms with Crippen LogP contribution in [0.5, 0.6) is 5.75 Å². The Morgan fingerprint density at radius 3 is 2.42 bits per heavy atom. The van der Waals surface area contributed by atoms with Gasteiger partial charge in [-0.2, -0.15) is 0 Å². The van der Waals surface area contributed by atoms with Crippen molar-refractivity contribution in [2.75, 3.05) is 0 Å². The third-order valence-electron chi connectivity index (χ3n) is 4.54. The lowest BCUT2D eigenvalue weighted by Crippen LogP contribution is -2.21. The van der Waals surface area contributed by atoms with Crippen LogP contribution in [0.25, 0.3) is 11.0 Å². The Morgan fingerprint density at radius 1 is 1.04 bits per heavy atom. The molecule has 0 aliphatic carbocycles. The van der Waals surface area contributed by atoms with Gasteiger partial charge in [0.2, 0.25) is 5.76 Å². The normalized spacial score (nSPS) is 16.2. The van der Waals surface area contributed by atoms with Gasteiger partial charge in [-0.05, 0) is 54.8 Å². The number of phenols is 1. The molecule has 0 spiro atoms. The SMILES string of the molecule is Cc1cc2oc3c(c(=O)c2cc1C)C(c1ccc(O)cc1)NC3=O. The van der Waals surface area contributed by atoms with Gasteiger partial charge in [-0.25, -0.2) is 0 Å². The predicted octanol–water partition coefficient (Wildman–Crippen LogP) is 2.95. The maximum absolute atomic E-state index is 13.0. The summed E-state index contributed by atoms with van der Waals surface area (Å²) in [6, 6.07) is 9.42. The Kier molecular flexibility index (Phi) is 3.00. The van der Waals surface area contributed by atoms with E-state index in [2.05, 4.69) is 5.32 Å². The molecule has 1 amide bonds. The number of fused-ring (bicyclic) bond motifs is 2. The Labute approximate surface area is 137 Å². The average Bonchev–Trinajstić information content (AvgIpc) is 2.88. The molecule has 3 aromatic rings. The number of amides is 1. The van der Waals surface area contributed by atoms with E-state index in [9.17, 15) is 14.7 Å². The fourth-order valence-corrected chi connectivity index (χ4v) is 3.08. The molecule has 0 fully saturated rings.